The largest absolute Gasteiger partial charge is 0.379 e. The molecule has 2 unspecified atom stereocenters. The van der Waals surface area contributed by atoms with Crippen molar-refractivity contribution in [3.05, 3.63) is 29.8 Å². The highest BCUT2D eigenvalue weighted by molar-refractivity contribution is 5.48. The predicted molar refractivity (Wildman–Crippen MR) is 87.0 cm³/mol. The number of benzene rings is 1. The Hall–Kier alpha value is -1.10. The van der Waals surface area contributed by atoms with E-state index >= 15 is 0 Å². The van der Waals surface area contributed by atoms with Gasteiger partial charge in [-0.25, -0.2) is 0 Å². The molecular formula is C17H27N3O. The van der Waals surface area contributed by atoms with Crippen LogP contribution in [-0.4, -0.2) is 63.9 Å². The number of hydrogen-bond acceptors (Lipinski definition) is 4. The van der Waals surface area contributed by atoms with Crippen molar-refractivity contribution in [2.75, 3.05) is 57.9 Å². The van der Waals surface area contributed by atoms with E-state index in [0.29, 0.717) is 12.0 Å². The molecule has 0 radical (unpaired) electrons. The standard InChI is InChI=1S/C17H27N3O/c1-14-4-3-5-16(10-14)20-8-6-19(7-9-20)11-15-12-21-13-17(15)18-2/h3-5,10,15,17-18H,6-9,11-13H2,1-2H3. The highest BCUT2D eigenvalue weighted by Gasteiger charge is 2.29. The number of likely N-dealkylation sites (N-methyl/N-ethyl adjacent to an activating group) is 1. The third-order valence-electron chi connectivity index (χ3n) is 4.80. The number of rotatable bonds is 4. The first-order chi connectivity index (χ1) is 10.3. The monoisotopic (exact) mass is 289 g/mol. The first kappa shape index (κ1) is 14.8. The van der Waals surface area contributed by atoms with Crippen molar-refractivity contribution < 1.29 is 4.74 Å². The number of piperazine rings is 1. The molecule has 2 fully saturated rings. The fourth-order valence-corrected chi connectivity index (χ4v) is 3.44. The molecule has 0 amide bonds. The number of aryl methyl sites for hydroxylation is 1. The Balaban J connectivity index is 1.51. The SMILES string of the molecule is CNC1COCC1CN1CCN(c2cccc(C)c2)CC1. The summed E-state index contributed by atoms with van der Waals surface area (Å²) < 4.78 is 5.61. The van der Waals surface area contributed by atoms with Crippen LogP contribution in [0.1, 0.15) is 5.56 Å². The fourth-order valence-electron chi connectivity index (χ4n) is 3.44. The van der Waals surface area contributed by atoms with Gasteiger partial charge >= 0.3 is 0 Å². The fraction of sp³-hybridized carbons (Fsp3) is 0.647. The zero-order chi connectivity index (χ0) is 14.7. The van der Waals surface area contributed by atoms with E-state index in [2.05, 4.69) is 46.3 Å². The van der Waals surface area contributed by atoms with Gasteiger partial charge in [-0.3, -0.25) is 4.90 Å². The highest BCUT2D eigenvalue weighted by Crippen LogP contribution is 2.20. The van der Waals surface area contributed by atoms with Gasteiger partial charge in [0.1, 0.15) is 0 Å². The topological polar surface area (TPSA) is 27.7 Å². The van der Waals surface area contributed by atoms with Gasteiger partial charge in [0.05, 0.1) is 13.2 Å². The molecule has 1 aromatic carbocycles. The Morgan fingerprint density at radius 2 is 2.00 bits per heavy atom. The molecule has 21 heavy (non-hydrogen) atoms. The van der Waals surface area contributed by atoms with Crippen LogP contribution in [0.15, 0.2) is 24.3 Å². The molecule has 2 aliphatic rings. The smallest absolute Gasteiger partial charge is 0.0623 e. The summed E-state index contributed by atoms with van der Waals surface area (Å²) in [5, 5.41) is 3.38. The zero-order valence-corrected chi connectivity index (χ0v) is 13.2. The average Bonchev–Trinajstić information content (AvgIpc) is 2.95. The van der Waals surface area contributed by atoms with Crippen LogP contribution in [0.3, 0.4) is 0 Å². The molecule has 3 rings (SSSR count). The summed E-state index contributed by atoms with van der Waals surface area (Å²) >= 11 is 0. The van der Waals surface area contributed by atoms with Gasteiger partial charge in [0, 0.05) is 50.4 Å². The normalized spacial score (nSPS) is 27.2. The lowest BCUT2D eigenvalue weighted by molar-refractivity contribution is 0.164. The second kappa shape index (κ2) is 6.77. The number of hydrogen-bond donors (Lipinski definition) is 1. The quantitative estimate of drug-likeness (QED) is 0.905. The zero-order valence-electron chi connectivity index (χ0n) is 13.2. The summed E-state index contributed by atoms with van der Waals surface area (Å²) in [6.45, 7) is 9.66. The first-order valence-corrected chi connectivity index (χ1v) is 8.05. The number of anilines is 1. The molecule has 2 atom stereocenters. The Bertz CT molecular complexity index is 457. The molecule has 116 valence electrons. The molecule has 1 aromatic rings. The molecule has 0 aromatic heterocycles. The second-order valence-electron chi connectivity index (χ2n) is 6.32. The minimum atomic E-state index is 0.528. The Morgan fingerprint density at radius 3 is 2.71 bits per heavy atom. The van der Waals surface area contributed by atoms with E-state index < -0.39 is 0 Å². The van der Waals surface area contributed by atoms with E-state index in [4.69, 9.17) is 4.74 Å². The third-order valence-corrected chi connectivity index (χ3v) is 4.80. The van der Waals surface area contributed by atoms with E-state index in [1.165, 1.54) is 11.3 Å². The molecule has 1 N–H and O–H groups in total. The number of ether oxygens (including phenoxy) is 1. The molecule has 2 saturated heterocycles. The summed E-state index contributed by atoms with van der Waals surface area (Å²) in [6.07, 6.45) is 0. The van der Waals surface area contributed by atoms with Gasteiger partial charge in [-0.2, -0.15) is 0 Å². The van der Waals surface area contributed by atoms with E-state index in [1.54, 1.807) is 0 Å². The maximum absolute atomic E-state index is 5.61. The Kier molecular flexibility index (Phi) is 4.78. The van der Waals surface area contributed by atoms with Crippen LogP contribution < -0.4 is 10.2 Å². The summed E-state index contributed by atoms with van der Waals surface area (Å²) in [4.78, 5) is 5.10. The maximum atomic E-state index is 5.61. The van der Waals surface area contributed by atoms with Gasteiger partial charge in [-0.15, -0.1) is 0 Å². The number of nitrogens with one attached hydrogen (secondary N) is 1. The molecule has 0 bridgehead atoms. The van der Waals surface area contributed by atoms with E-state index in [1.807, 2.05) is 7.05 Å². The van der Waals surface area contributed by atoms with Crippen LogP contribution in [0.25, 0.3) is 0 Å². The molecule has 0 spiro atoms. The van der Waals surface area contributed by atoms with E-state index in [-0.39, 0.29) is 0 Å². The molecular weight excluding hydrogens is 262 g/mol. The summed E-state index contributed by atoms with van der Waals surface area (Å²) in [6, 6.07) is 9.37. The molecule has 2 heterocycles. The van der Waals surface area contributed by atoms with Crippen molar-refractivity contribution in [3.63, 3.8) is 0 Å². The van der Waals surface area contributed by atoms with Crippen molar-refractivity contribution in [1.29, 1.82) is 0 Å². The number of nitrogens with zero attached hydrogens (tertiary/aromatic N) is 2. The van der Waals surface area contributed by atoms with Crippen LogP contribution in [-0.2, 0) is 4.74 Å². The maximum Gasteiger partial charge on any atom is 0.0623 e. The Labute approximate surface area is 128 Å². The predicted octanol–water partition coefficient (Wildman–Crippen LogP) is 1.35. The highest BCUT2D eigenvalue weighted by atomic mass is 16.5. The first-order valence-electron chi connectivity index (χ1n) is 8.05. The van der Waals surface area contributed by atoms with Gasteiger partial charge in [0.15, 0.2) is 0 Å². The minimum absolute atomic E-state index is 0.528. The molecule has 4 nitrogen and oxygen atoms in total. The van der Waals surface area contributed by atoms with E-state index in [9.17, 15) is 0 Å². The van der Waals surface area contributed by atoms with E-state index in [0.717, 1.165) is 45.9 Å². The molecule has 4 heteroatoms. The summed E-state index contributed by atoms with van der Waals surface area (Å²) in [5.74, 6) is 0.639. The summed E-state index contributed by atoms with van der Waals surface area (Å²) in [7, 11) is 2.04. The lowest BCUT2D eigenvalue weighted by atomic mass is 10.0. The van der Waals surface area contributed by atoms with Crippen molar-refractivity contribution >= 4 is 5.69 Å². The van der Waals surface area contributed by atoms with Crippen molar-refractivity contribution in [2.24, 2.45) is 5.92 Å². The van der Waals surface area contributed by atoms with Crippen molar-refractivity contribution in [2.45, 2.75) is 13.0 Å². The molecule has 2 aliphatic heterocycles. The Morgan fingerprint density at radius 1 is 1.19 bits per heavy atom. The van der Waals surface area contributed by atoms with Crippen LogP contribution in [0, 0.1) is 12.8 Å². The van der Waals surface area contributed by atoms with Gasteiger partial charge in [0.25, 0.3) is 0 Å². The minimum Gasteiger partial charge on any atom is -0.379 e. The van der Waals surface area contributed by atoms with Gasteiger partial charge in [-0.05, 0) is 31.7 Å². The van der Waals surface area contributed by atoms with Crippen molar-refractivity contribution in [1.82, 2.24) is 10.2 Å². The molecule has 0 saturated carbocycles. The average molecular weight is 289 g/mol. The lowest BCUT2D eigenvalue weighted by Gasteiger charge is -2.37. The van der Waals surface area contributed by atoms with Gasteiger partial charge in [-0.1, -0.05) is 12.1 Å². The lowest BCUT2D eigenvalue weighted by Crippen LogP contribution is -2.49. The third kappa shape index (κ3) is 3.57. The van der Waals surface area contributed by atoms with Crippen LogP contribution in [0.5, 0.6) is 0 Å². The van der Waals surface area contributed by atoms with Gasteiger partial charge in [0.2, 0.25) is 0 Å². The van der Waals surface area contributed by atoms with Crippen molar-refractivity contribution in [3.8, 4) is 0 Å². The summed E-state index contributed by atoms with van der Waals surface area (Å²) in [5.41, 5.74) is 2.71. The van der Waals surface area contributed by atoms with Crippen LogP contribution >= 0.6 is 0 Å². The second-order valence-corrected chi connectivity index (χ2v) is 6.32. The van der Waals surface area contributed by atoms with Crippen LogP contribution in [0.4, 0.5) is 5.69 Å². The molecule has 0 aliphatic carbocycles. The van der Waals surface area contributed by atoms with Crippen LogP contribution in [0.2, 0.25) is 0 Å². The van der Waals surface area contributed by atoms with Gasteiger partial charge < -0.3 is 15.0 Å².